The van der Waals surface area contributed by atoms with Crippen molar-refractivity contribution in [1.82, 2.24) is 9.80 Å². The SMILES string of the molecule is Cc1cc(F)ccc1C(=O)Cc1cc(F)cc(CN2CCN(C(=O)C3CCCC3)[C@@H](C)C2)c1C. The van der Waals surface area contributed by atoms with Gasteiger partial charge in [-0.1, -0.05) is 12.8 Å². The summed E-state index contributed by atoms with van der Waals surface area (Å²) in [6, 6.07) is 7.22. The number of rotatable bonds is 6. The van der Waals surface area contributed by atoms with Gasteiger partial charge in [-0.2, -0.15) is 0 Å². The van der Waals surface area contributed by atoms with Crippen LogP contribution in [-0.4, -0.2) is 47.2 Å². The molecule has 2 aliphatic rings. The molecule has 1 amide bonds. The van der Waals surface area contributed by atoms with E-state index in [1.54, 1.807) is 13.0 Å². The number of amides is 1. The van der Waals surface area contributed by atoms with Crippen molar-refractivity contribution in [1.29, 1.82) is 0 Å². The molecule has 2 fully saturated rings. The first-order valence-electron chi connectivity index (χ1n) is 12.3. The van der Waals surface area contributed by atoms with Crippen LogP contribution in [0.1, 0.15) is 65.2 Å². The lowest BCUT2D eigenvalue weighted by atomic mass is 9.94. The molecular weight excluding hydrogens is 434 g/mol. The summed E-state index contributed by atoms with van der Waals surface area (Å²) in [5.74, 6) is -0.405. The highest BCUT2D eigenvalue weighted by Gasteiger charge is 2.33. The third kappa shape index (κ3) is 5.38. The molecule has 34 heavy (non-hydrogen) atoms. The number of benzene rings is 2. The van der Waals surface area contributed by atoms with Gasteiger partial charge in [0.05, 0.1) is 0 Å². The molecule has 0 unspecified atom stereocenters. The van der Waals surface area contributed by atoms with Gasteiger partial charge in [0.2, 0.25) is 5.91 Å². The Morgan fingerprint density at radius 3 is 2.35 bits per heavy atom. The van der Waals surface area contributed by atoms with Crippen LogP contribution >= 0.6 is 0 Å². The molecule has 1 aliphatic carbocycles. The van der Waals surface area contributed by atoms with E-state index in [4.69, 9.17) is 0 Å². The van der Waals surface area contributed by atoms with Gasteiger partial charge in [-0.05, 0) is 86.2 Å². The van der Waals surface area contributed by atoms with E-state index < -0.39 is 0 Å². The van der Waals surface area contributed by atoms with E-state index in [0.29, 0.717) is 35.7 Å². The van der Waals surface area contributed by atoms with Gasteiger partial charge in [0, 0.05) is 50.1 Å². The second kappa shape index (κ2) is 10.3. The number of aryl methyl sites for hydroxylation is 1. The quantitative estimate of drug-likeness (QED) is 0.545. The van der Waals surface area contributed by atoms with Gasteiger partial charge in [-0.25, -0.2) is 8.78 Å². The first-order chi connectivity index (χ1) is 16.2. The molecule has 182 valence electrons. The van der Waals surface area contributed by atoms with Crippen molar-refractivity contribution in [2.75, 3.05) is 19.6 Å². The van der Waals surface area contributed by atoms with Crippen LogP contribution in [-0.2, 0) is 17.8 Å². The lowest BCUT2D eigenvalue weighted by molar-refractivity contribution is -0.140. The summed E-state index contributed by atoms with van der Waals surface area (Å²) in [4.78, 5) is 30.0. The summed E-state index contributed by atoms with van der Waals surface area (Å²) in [5.41, 5.74) is 3.47. The van der Waals surface area contributed by atoms with Gasteiger partial charge >= 0.3 is 0 Å². The zero-order valence-electron chi connectivity index (χ0n) is 20.4. The van der Waals surface area contributed by atoms with E-state index >= 15 is 0 Å². The molecule has 1 atom stereocenters. The smallest absolute Gasteiger partial charge is 0.226 e. The molecule has 0 bridgehead atoms. The van der Waals surface area contributed by atoms with Crippen molar-refractivity contribution in [2.24, 2.45) is 5.92 Å². The number of carbonyl (C=O) groups is 2. The summed E-state index contributed by atoms with van der Waals surface area (Å²) in [6.07, 6.45) is 4.38. The predicted octanol–water partition coefficient (Wildman–Crippen LogP) is 5.23. The second-order valence-corrected chi connectivity index (χ2v) is 10.0. The van der Waals surface area contributed by atoms with Crippen LogP contribution in [0.2, 0.25) is 0 Å². The highest BCUT2D eigenvalue weighted by Crippen LogP contribution is 2.28. The normalized spacial score (nSPS) is 19.6. The molecule has 6 heteroatoms. The topological polar surface area (TPSA) is 40.6 Å². The number of nitrogens with zero attached hydrogens (tertiary/aromatic N) is 2. The van der Waals surface area contributed by atoms with Gasteiger partial charge in [-0.3, -0.25) is 14.5 Å². The van der Waals surface area contributed by atoms with Gasteiger partial charge < -0.3 is 4.90 Å². The minimum Gasteiger partial charge on any atom is -0.337 e. The van der Waals surface area contributed by atoms with Crippen molar-refractivity contribution in [3.8, 4) is 0 Å². The number of halogens is 2. The second-order valence-electron chi connectivity index (χ2n) is 10.0. The molecular formula is C28H34F2N2O2. The van der Waals surface area contributed by atoms with Gasteiger partial charge in [-0.15, -0.1) is 0 Å². The van der Waals surface area contributed by atoms with Crippen LogP contribution < -0.4 is 0 Å². The van der Waals surface area contributed by atoms with Crippen molar-refractivity contribution in [3.63, 3.8) is 0 Å². The highest BCUT2D eigenvalue weighted by atomic mass is 19.1. The fourth-order valence-corrected chi connectivity index (χ4v) is 5.51. The van der Waals surface area contributed by atoms with Crippen molar-refractivity contribution >= 4 is 11.7 Å². The van der Waals surface area contributed by atoms with Gasteiger partial charge in [0.25, 0.3) is 0 Å². The van der Waals surface area contributed by atoms with E-state index in [1.165, 1.54) is 24.3 Å². The molecule has 1 saturated carbocycles. The molecule has 0 aromatic heterocycles. The number of ketones is 1. The van der Waals surface area contributed by atoms with E-state index in [0.717, 1.165) is 49.9 Å². The minimum atomic E-state index is -0.377. The fourth-order valence-electron chi connectivity index (χ4n) is 5.51. The monoisotopic (exact) mass is 468 g/mol. The number of hydrogen-bond acceptors (Lipinski definition) is 3. The summed E-state index contributed by atoms with van der Waals surface area (Å²) < 4.78 is 27.9. The molecule has 2 aromatic carbocycles. The predicted molar refractivity (Wildman–Crippen MR) is 129 cm³/mol. The minimum absolute atomic E-state index is 0.0726. The van der Waals surface area contributed by atoms with Crippen LogP contribution in [0.5, 0.6) is 0 Å². The Morgan fingerprint density at radius 1 is 0.971 bits per heavy atom. The molecule has 4 rings (SSSR count). The zero-order chi connectivity index (χ0) is 24.4. The molecule has 1 aliphatic heterocycles. The van der Waals surface area contributed by atoms with E-state index in [-0.39, 0.29) is 35.8 Å². The third-order valence-corrected chi connectivity index (χ3v) is 7.52. The maximum atomic E-state index is 14.5. The number of piperazine rings is 1. The van der Waals surface area contributed by atoms with Crippen LogP contribution in [0.25, 0.3) is 0 Å². The number of Topliss-reactive ketones (excluding diaryl/α,β-unsaturated/α-hetero) is 1. The average Bonchev–Trinajstić information content (AvgIpc) is 3.31. The Hall–Kier alpha value is -2.60. The maximum absolute atomic E-state index is 14.5. The molecule has 1 saturated heterocycles. The number of hydrogen-bond donors (Lipinski definition) is 0. The standard InChI is InChI=1S/C28H34F2N2O2/c1-18-12-24(29)8-9-26(18)27(33)15-22-13-25(30)14-23(20(22)3)17-31-10-11-32(19(2)16-31)28(34)21-6-4-5-7-21/h8-9,12-14,19,21H,4-7,10-11,15-17H2,1-3H3/t19-/m0/s1. The largest absolute Gasteiger partial charge is 0.337 e. The molecule has 0 spiro atoms. The van der Waals surface area contributed by atoms with Gasteiger partial charge in [0.1, 0.15) is 11.6 Å². The first kappa shape index (κ1) is 24.5. The lowest BCUT2D eigenvalue weighted by Crippen LogP contribution is -2.54. The molecule has 0 radical (unpaired) electrons. The molecule has 0 N–H and O–H groups in total. The molecule has 4 nitrogen and oxygen atoms in total. The Bertz CT molecular complexity index is 1080. The first-order valence-corrected chi connectivity index (χ1v) is 12.3. The Morgan fingerprint density at radius 2 is 1.68 bits per heavy atom. The summed E-state index contributed by atoms with van der Waals surface area (Å²) >= 11 is 0. The summed E-state index contributed by atoms with van der Waals surface area (Å²) in [6.45, 7) is 8.50. The molecule has 2 aromatic rings. The third-order valence-electron chi connectivity index (χ3n) is 7.52. The van der Waals surface area contributed by atoms with Crippen LogP contribution in [0.4, 0.5) is 8.78 Å². The van der Waals surface area contributed by atoms with Crippen molar-refractivity contribution < 1.29 is 18.4 Å². The van der Waals surface area contributed by atoms with E-state index in [9.17, 15) is 18.4 Å². The highest BCUT2D eigenvalue weighted by molar-refractivity contribution is 5.99. The zero-order valence-corrected chi connectivity index (χ0v) is 20.4. The fraction of sp³-hybridized carbons (Fsp3) is 0.500. The maximum Gasteiger partial charge on any atom is 0.226 e. The van der Waals surface area contributed by atoms with Gasteiger partial charge in [0.15, 0.2) is 5.78 Å². The van der Waals surface area contributed by atoms with Crippen LogP contribution in [0.3, 0.4) is 0 Å². The van der Waals surface area contributed by atoms with E-state index in [2.05, 4.69) is 11.8 Å². The Labute approximate surface area is 200 Å². The van der Waals surface area contributed by atoms with Crippen molar-refractivity contribution in [2.45, 2.75) is 65.5 Å². The Kier molecular flexibility index (Phi) is 7.46. The summed E-state index contributed by atoms with van der Waals surface area (Å²) in [7, 11) is 0. The molecule has 1 heterocycles. The van der Waals surface area contributed by atoms with Crippen molar-refractivity contribution in [3.05, 3.63) is 69.8 Å². The van der Waals surface area contributed by atoms with Crippen LogP contribution in [0, 0.1) is 31.4 Å². The average molecular weight is 469 g/mol. The van der Waals surface area contributed by atoms with Crippen LogP contribution in [0.15, 0.2) is 30.3 Å². The van der Waals surface area contributed by atoms with E-state index in [1.807, 2.05) is 11.8 Å². The number of carbonyl (C=O) groups excluding carboxylic acids is 2. The summed E-state index contributed by atoms with van der Waals surface area (Å²) in [5, 5.41) is 0. The lowest BCUT2D eigenvalue weighted by Gasteiger charge is -2.41. The Balaban J connectivity index is 1.44.